The number of Topliss-reactive ketones (excluding diaryl/α,β-unsaturated/α-hetero) is 3. The van der Waals surface area contributed by atoms with Crippen LogP contribution in [0.2, 0.25) is 0 Å². The number of amides is 1. The number of nitrogen functional groups attached to an aromatic ring is 1. The molecule has 4 N–H and O–H groups in total. The molecule has 0 aromatic heterocycles. The first kappa shape index (κ1) is 35.6. The minimum atomic E-state index is -0.721. The van der Waals surface area contributed by atoms with Gasteiger partial charge in [-0.25, -0.2) is 0 Å². The molecule has 0 aliphatic rings. The van der Waals surface area contributed by atoms with Crippen molar-refractivity contribution in [3.05, 3.63) is 29.8 Å². The molecule has 0 aliphatic heterocycles. The Morgan fingerprint density at radius 1 is 0.780 bits per heavy atom. The van der Waals surface area contributed by atoms with E-state index >= 15 is 0 Å². The Bertz CT molecular complexity index is 1010. The van der Waals surface area contributed by atoms with E-state index in [0.717, 1.165) is 5.56 Å². The lowest BCUT2D eigenvalue weighted by Crippen LogP contribution is -2.42. The number of carbonyl (C=O) groups is 5. The summed E-state index contributed by atoms with van der Waals surface area (Å²) < 4.78 is 4.71. The van der Waals surface area contributed by atoms with Gasteiger partial charge >= 0.3 is 5.97 Å². The first-order valence-electron chi connectivity index (χ1n) is 14.1. The highest BCUT2D eigenvalue weighted by Gasteiger charge is 2.24. The molecule has 1 amide bonds. The van der Waals surface area contributed by atoms with Crippen molar-refractivity contribution in [3.8, 4) is 0 Å². The standard InChI is InChI=1S/C30H47N5O6/c1-22(36)9-15-34(16-10-23(2)37)18-12-28(32)27(21-25-5-7-26(31)8-6-25)30(40)33-14-20-35(17-11-24(3)38)19-13-29(39)41-4/h5-8,27,32H,9-21,31H2,1-4H3,(H,33,40). The molecule has 1 rings (SSSR count). The van der Waals surface area contributed by atoms with Crippen LogP contribution in [0.15, 0.2) is 24.3 Å². The SMILES string of the molecule is COC(=O)CCN(CCNC(=O)C(Cc1ccc(N)cc1)C(=N)CCN(CCC(C)=O)CCC(C)=O)CCC(C)=O. The van der Waals surface area contributed by atoms with Gasteiger partial charge in [-0.1, -0.05) is 12.1 Å². The molecule has 0 fully saturated rings. The number of ether oxygens (including phenoxy) is 1. The first-order chi connectivity index (χ1) is 19.4. The molecule has 0 radical (unpaired) electrons. The van der Waals surface area contributed by atoms with Crippen LogP contribution in [-0.2, 0) is 35.1 Å². The van der Waals surface area contributed by atoms with E-state index in [1.165, 1.54) is 27.9 Å². The first-order valence-corrected chi connectivity index (χ1v) is 14.1. The van der Waals surface area contributed by atoms with Crippen molar-refractivity contribution in [2.24, 2.45) is 5.92 Å². The molecule has 1 aromatic carbocycles. The summed E-state index contributed by atoms with van der Waals surface area (Å²) in [5.41, 5.74) is 7.55. The second-order valence-corrected chi connectivity index (χ2v) is 10.4. The molecule has 228 valence electrons. The Kier molecular flexibility index (Phi) is 17.0. The van der Waals surface area contributed by atoms with Crippen LogP contribution in [0.3, 0.4) is 0 Å². The van der Waals surface area contributed by atoms with Gasteiger partial charge in [-0.05, 0) is 51.3 Å². The van der Waals surface area contributed by atoms with Crippen LogP contribution in [0.5, 0.6) is 0 Å². The fraction of sp³-hybridized carbons (Fsp3) is 0.600. The molecule has 11 heteroatoms. The molecule has 11 nitrogen and oxygen atoms in total. The van der Waals surface area contributed by atoms with E-state index in [4.69, 9.17) is 15.9 Å². The maximum absolute atomic E-state index is 13.4. The molecule has 41 heavy (non-hydrogen) atoms. The average molecular weight is 574 g/mol. The van der Waals surface area contributed by atoms with Gasteiger partial charge in [0, 0.05) is 76.5 Å². The highest BCUT2D eigenvalue weighted by Crippen LogP contribution is 2.15. The van der Waals surface area contributed by atoms with Crippen molar-refractivity contribution in [2.45, 2.75) is 59.3 Å². The normalized spacial score (nSPS) is 11.8. The molecule has 0 spiro atoms. The van der Waals surface area contributed by atoms with Gasteiger partial charge in [0.05, 0.1) is 19.4 Å². The summed E-state index contributed by atoms with van der Waals surface area (Å²) in [6, 6.07) is 7.19. The van der Waals surface area contributed by atoms with Crippen molar-refractivity contribution >= 4 is 40.6 Å². The maximum atomic E-state index is 13.4. The summed E-state index contributed by atoms with van der Waals surface area (Å²) in [6.07, 6.45) is 1.86. The summed E-state index contributed by atoms with van der Waals surface area (Å²) in [7, 11) is 1.32. The molecular formula is C30H47N5O6. The zero-order valence-electron chi connectivity index (χ0n) is 25.0. The predicted molar refractivity (Wildman–Crippen MR) is 159 cm³/mol. The number of benzene rings is 1. The van der Waals surface area contributed by atoms with Gasteiger partial charge in [-0.2, -0.15) is 0 Å². The number of nitrogens with one attached hydrogen (secondary N) is 2. The number of hydrogen-bond donors (Lipinski definition) is 3. The molecule has 1 unspecified atom stereocenters. The Morgan fingerprint density at radius 3 is 1.73 bits per heavy atom. The van der Waals surface area contributed by atoms with Crippen LogP contribution >= 0.6 is 0 Å². The van der Waals surface area contributed by atoms with Crippen LogP contribution in [0.25, 0.3) is 0 Å². The van der Waals surface area contributed by atoms with Crippen molar-refractivity contribution in [2.75, 3.05) is 58.7 Å². The lowest BCUT2D eigenvalue weighted by Gasteiger charge is -2.25. The smallest absolute Gasteiger partial charge is 0.306 e. The number of ketones is 3. The lowest BCUT2D eigenvalue weighted by atomic mass is 9.91. The highest BCUT2D eigenvalue weighted by atomic mass is 16.5. The fourth-order valence-electron chi connectivity index (χ4n) is 4.15. The van der Waals surface area contributed by atoms with E-state index < -0.39 is 5.92 Å². The third-order valence-electron chi connectivity index (χ3n) is 6.78. The van der Waals surface area contributed by atoms with Gasteiger partial charge in [0.15, 0.2) is 0 Å². The van der Waals surface area contributed by atoms with Gasteiger partial charge < -0.3 is 31.0 Å². The van der Waals surface area contributed by atoms with E-state index in [1.54, 1.807) is 12.1 Å². The predicted octanol–water partition coefficient (Wildman–Crippen LogP) is 2.06. The summed E-state index contributed by atoms with van der Waals surface area (Å²) in [5, 5.41) is 11.7. The van der Waals surface area contributed by atoms with Gasteiger partial charge in [-0.15, -0.1) is 0 Å². The Labute approximate surface area is 243 Å². The molecule has 0 bridgehead atoms. The Morgan fingerprint density at radius 2 is 1.24 bits per heavy atom. The van der Waals surface area contributed by atoms with Crippen molar-refractivity contribution in [1.29, 1.82) is 5.41 Å². The second kappa shape index (κ2) is 19.6. The van der Waals surface area contributed by atoms with Gasteiger partial charge in [0.1, 0.15) is 17.3 Å². The Balaban J connectivity index is 2.91. The van der Waals surface area contributed by atoms with Gasteiger partial charge in [0.2, 0.25) is 5.91 Å². The minimum absolute atomic E-state index is 0.0368. The summed E-state index contributed by atoms with van der Waals surface area (Å²) in [6.45, 7) is 7.57. The van der Waals surface area contributed by atoms with Crippen LogP contribution in [0, 0.1) is 11.3 Å². The van der Waals surface area contributed by atoms with E-state index in [9.17, 15) is 24.0 Å². The molecule has 1 aromatic rings. The molecule has 0 aliphatic carbocycles. The quantitative estimate of drug-likeness (QED) is 0.107. The number of nitrogens with two attached hydrogens (primary N) is 1. The Hall–Kier alpha value is -3.44. The largest absolute Gasteiger partial charge is 0.469 e. The summed E-state index contributed by atoms with van der Waals surface area (Å²) in [4.78, 5) is 63.4. The van der Waals surface area contributed by atoms with Gasteiger partial charge in [-0.3, -0.25) is 24.0 Å². The van der Waals surface area contributed by atoms with E-state index in [2.05, 4.69) is 5.32 Å². The van der Waals surface area contributed by atoms with E-state index in [1.807, 2.05) is 21.9 Å². The highest BCUT2D eigenvalue weighted by molar-refractivity contribution is 6.03. The topological polar surface area (TPSA) is 163 Å². The number of esters is 1. The van der Waals surface area contributed by atoms with Crippen LogP contribution in [-0.4, -0.2) is 97.7 Å². The molecule has 1 atom stereocenters. The monoisotopic (exact) mass is 573 g/mol. The van der Waals surface area contributed by atoms with Crippen LogP contribution in [0.4, 0.5) is 5.69 Å². The number of nitrogens with zero attached hydrogens (tertiary/aromatic N) is 2. The molecular weight excluding hydrogens is 526 g/mol. The van der Waals surface area contributed by atoms with Crippen molar-refractivity contribution < 1.29 is 28.7 Å². The van der Waals surface area contributed by atoms with Gasteiger partial charge in [0.25, 0.3) is 0 Å². The fourth-order valence-corrected chi connectivity index (χ4v) is 4.15. The third kappa shape index (κ3) is 16.4. The van der Waals surface area contributed by atoms with Crippen LogP contribution in [0.1, 0.15) is 58.4 Å². The summed E-state index contributed by atoms with van der Waals surface area (Å²) >= 11 is 0. The minimum Gasteiger partial charge on any atom is -0.469 e. The molecule has 0 heterocycles. The number of anilines is 1. The molecule has 0 saturated carbocycles. The van der Waals surface area contributed by atoms with E-state index in [0.29, 0.717) is 77.1 Å². The number of methoxy groups -OCH3 is 1. The lowest BCUT2D eigenvalue weighted by molar-refractivity contribution is -0.141. The van der Waals surface area contributed by atoms with Crippen LogP contribution < -0.4 is 11.1 Å². The maximum Gasteiger partial charge on any atom is 0.306 e. The number of carbonyl (C=O) groups excluding carboxylic acids is 5. The molecule has 0 saturated heterocycles. The zero-order valence-corrected chi connectivity index (χ0v) is 25.0. The van der Waals surface area contributed by atoms with E-state index in [-0.39, 0.29) is 47.9 Å². The van der Waals surface area contributed by atoms with Crippen molar-refractivity contribution in [3.63, 3.8) is 0 Å². The second-order valence-electron chi connectivity index (χ2n) is 10.4. The third-order valence-corrected chi connectivity index (χ3v) is 6.78. The zero-order chi connectivity index (χ0) is 30.8. The average Bonchev–Trinajstić information content (AvgIpc) is 2.92. The summed E-state index contributed by atoms with van der Waals surface area (Å²) in [5.74, 6) is -1.21. The number of rotatable bonds is 22. The number of hydrogen-bond acceptors (Lipinski definition) is 10. The van der Waals surface area contributed by atoms with Crippen molar-refractivity contribution in [1.82, 2.24) is 15.1 Å².